The van der Waals surface area contributed by atoms with E-state index in [9.17, 15) is 0 Å². The van der Waals surface area contributed by atoms with Gasteiger partial charge in [-0.3, -0.25) is 0 Å². The summed E-state index contributed by atoms with van der Waals surface area (Å²) in [5.74, 6) is 0.997. The summed E-state index contributed by atoms with van der Waals surface area (Å²) < 4.78 is 7.09. The van der Waals surface area contributed by atoms with Crippen LogP contribution in [0.3, 0.4) is 0 Å². The maximum Gasteiger partial charge on any atom is 0.122 e. The van der Waals surface area contributed by atoms with E-state index in [1.165, 1.54) is 11.1 Å². The molecule has 0 atom stereocenters. The van der Waals surface area contributed by atoms with Gasteiger partial charge in [0.25, 0.3) is 0 Å². The molecule has 112 valence electrons. The molecule has 0 aliphatic heterocycles. The highest BCUT2D eigenvalue weighted by molar-refractivity contribution is 9.10. The topological polar surface area (TPSA) is 12.5 Å². The normalized spacial score (nSPS) is 10.9. The molecule has 0 aromatic heterocycles. The first-order valence-electron chi connectivity index (χ1n) is 7.25. The van der Waals surface area contributed by atoms with Gasteiger partial charge in [-0.05, 0) is 62.8 Å². The molecule has 0 saturated heterocycles. The molecule has 0 fully saturated rings. The fourth-order valence-electron chi connectivity index (χ4n) is 2.22. The quantitative estimate of drug-likeness (QED) is 0.729. The van der Waals surface area contributed by atoms with Crippen molar-refractivity contribution in [3.63, 3.8) is 0 Å². The molecule has 0 amide bonds. The first-order chi connectivity index (χ1) is 10.1. The third kappa shape index (κ3) is 5.52. The molecule has 0 saturated carbocycles. The highest BCUT2D eigenvalue weighted by Crippen LogP contribution is 2.21. The zero-order valence-electron chi connectivity index (χ0n) is 12.7. The third-order valence-corrected chi connectivity index (χ3v) is 3.80. The SMILES string of the molecule is CN(C)CCCc1ccccc1OCc1cccc(Br)c1. The number of hydrogen-bond acceptors (Lipinski definition) is 2. The zero-order valence-corrected chi connectivity index (χ0v) is 14.3. The summed E-state index contributed by atoms with van der Waals surface area (Å²) in [6.07, 6.45) is 2.19. The molecule has 2 aromatic rings. The van der Waals surface area contributed by atoms with Crippen LogP contribution < -0.4 is 4.74 Å². The Hall–Kier alpha value is -1.32. The van der Waals surface area contributed by atoms with Crippen LogP contribution in [0.25, 0.3) is 0 Å². The van der Waals surface area contributed by atoms with E-state index >= 15 is 0 Å². The van der Waals surface area contributed by atoms with Crippen molar-refractivity contribution in [2.24, 2.45) is 0 Å². The standard InChI is InChI=1S/C18H22BrNO/c1-20(2)12-6-9-16-8-3-4-11-18(16)21-14-15-7-5-10-17(19)13-15/h3-5,7-8,10-11,13H,6,9,12,14H2,1-2H3. The van der Waals surface area contributed by atoms with Gasteiger partial charge in [-0.25, -0.2) is 0 Å². The molecule has 0 unspecified atom stereocenters. The zero-order chi connectivity index (χ0) is 15.1. The van der Waals surface area contributed by atoms with Crippen LogP contribution in [0.4, 0.5) is 0 Å². The van der Waals surface area contributed by atoms with Gasteiger partial charge in [-0.2, -0.15) is 0 Å². The Kier molecular flexibility index (Phi) is 6.27. The number of hydrogen-bond donors (Lipinski definition) is 0. The van der Waals surface area contributed by atoms with Crippen molar-refractivity contribution in [2.45, 2.75) is 19.4 Å². The van der Waals surface area contributed by atoms with Crippen LogP contribution in [0.2, 0.25) is 0 Å². The van der Waals surface area contributed by atoms with E-state index in [1.54, 1.807) is 0 Å². The predicted octanol–water partition coefficient (Wildman–Crippen LogP) is 4.52. The monoisotopic (exact) mass is 347 g/mol. The van der Waals surface area contributed by atoms with Gasteiger partial charge < -0.3 is 9.64 Å². The third-order valence-electron chi connectivity index (χ3n) is 3.31. The number of para-hydroxylation sites is 1. The average molecular weight is 348 g/mol. The summed E-state index contributed by atoms with van der Waals surface area (Å²) >= 11 is 3.49. The van der Waals surface area contributed by atoms with Crippen molar-refractivity contribution in [1.29, 1.82) is 0 Å². The van der Waals surface area contributed by atoms with E-state index in [-0.39, 0.29) is 0 Å². The van der Waals surface area contributed by atoms with Crippen LogP contribution >= 0.6 is 15.9 Å². The maximum absolute atomic E-state index is 6.00. The smallest absolute Gasteiger partial charge is 0.122 e. The minimum atomic E-state index is 0.601. The summed E-state index contributed by atoms with van der Waals surface area (Å²) in [6, 6.07) is 16.6. The Morgan fingerprint density at radius 2 is 1.86 bits per heavy atom. The molecule has 0 N–H and O–H groups in total. The molecular weight excluding hydrogens is 326 g/mol. The van der Waals surface area contributed by atoms with Crippen LogP contribution in [0.15, 0.2) is 53.0 Å². The fraction of sp³-hybridized carbons (Fsp3) is 0.333. The van der Waals surface area contributed by atoms with E-state index in [4.69, 9.17) is 4.74 Å². The van der Waals surface area contributed by atoms with Crippen LogP contribution in [0, 0.1) is 0 Å². The van der Waals surface area contributed by atoms with Gasteiger partial charge in [-0.15, -0.1) is 0 Å². The maximum atomic E-state index is 6.00. The highest BCUT2D eigenvalue weighted by atomic mass is 79.9. The molecule has 0 spiro atoms. The van der Waals surface area contributed by atoms with Crippen molar-refractivity contribution in [1.82, 2.24) is 4.90 Å². The van der Waals surface area contributed by atoms with Gasteiger partial charge in [0.05, 0.1) is 0 Å². The molecule has 3 heteroatoms. The molecule has 21 heavy (non-hydrogen) atoms. The fourth-order valence-corrected chi connectivity index (χ4v) is 2.67. The predicted molar refractivity (Wildman–Crippen MR) is 91.8 cm³/mol. The van der Waals surface area contributed by atoms with Crippen LogP contribution in [-0.2, 0) is 13.0 Å². The van der Waals surface area contributed by atoms with E-state index < -0.39 is 0 Å². The van der Waals surface area contributed by atoms with E-state index in [1.807, 2.05) is 18.2 Å². The molecule has 0 heterocycles. The lowest BCUT2D eigenvalue weighted by atomic mass is 10.1. The van der Waals surface area contributed by atoms with Gasteiger partial charge in [0.15, 0.2) is 0 Å². The molecule has 0 radical (unpaired) electrons. The number of rotatable bonds is 7. The van der Waals surface area contributed by atoms with Crippen molar-refractivity contribution >= 4 is 15.9 Å². The second-order valence-corrected chi connectivity index (χ2v) is 6.35. The number of nitrogens with zero attached hydrogens (tertiary/aromatic N) is 1. The van der Waals surface area contributed by atoms with Crippen molar-refractivity contribution in [2.75, 3.05) is 20.6 Å². The molecule has 2 nitrogen and oxygen atoms in total. The van der Waals surface area contributed by atoms with Gasteiger partial charge >= 0.3 is 0 Å². The Bertz CT molecular complexity index is 569. The first kappa shape index (κ1) is 16.1. The number of benzene rings is 2. The van der Waals surface area contributed by atoms with Crippen LogP contribution in [0.5, 0.6) is 5.75 Å². The average Bonchev–Trinajstić information content (AvgIpc) is 2.46. The summed E-state index contributed by atoms with van der Waals surface area (Å²) in [5.41, 5.74) is 2.46. The summed E-state index contributed by atoms with van der Waals surface area (Å²) in [6.45, 7) is 1.70. The Labute approximate surface area is 135 Å². The van der Waals surface area contributed by atoms with Gasteiger partial charge in [-0.1, -0.05) is 46.3 Å². The number of ether oxygens (including phenoxy) is 1. The lowest BCUT2D eigenvalue weighted by Crippen LogP contribution is -2.13. The van der Waals surface area contributed by atoms with Gasteiger partial charge in [0.2, 0.25) is 0 Å². The summed E-state index contributed by atoms with van der Waals surface area (Å²) in [4.78, 5) is 2.21. The van der Waals surface area contributed by atoms with Crippen molar-refractivity contribution in [3.8, 4) is 5.75 Å². The van der Waals surface area contributed by atoms with Gasteiger partial charge in [0.1, 0.15) is 12.4 Å². The summed E-state index contributed by atoms with van der Waals surface area (Å²) in [7, 11) is 4.21. The Balaban J connectivity index is 1.96. The molecule has 2 rings (SSSR count). The van der Waals surface area contributed by atoms with E-state index in [2.05, 4.69) is 65.3 Å². The molecule has 2 aromatic carbocycles. The first-order valence-corrected chi connectivity index (χ1v) is 8.04. The number of aryl methyl sites for hydroxylation is 1. The van der Waals surface area contributed by atoms with Crippen LogP contribution in [0.1, 0.15) is 17.5 Å². The van der Waals surface area contributed by atoms with E-state index in [0.29, 0.717) is 6.61 Å². The second-order valence-electron chi connectivity index (χ2n) is 5.43. The molecule has 0 aliphatic carbocycles. The Morgan fingerprint density at radius 3 is 2.62 bits per heavy atom. The Morgan fingerprint density at radius 1 is 1.05 bits per heavy atom. The van der Waals surface area contributed by atoms with Gasteiger partial charge in [0, 0.05) is 4.47 Å². The van der Waals surface area contributed by atoms with Crippen molar-refractivity contribution in [3.05, 3.63) is 64.1 Å². The molecule has 0 aliphatic rings. The second kappa shape index (κ2) is 8.20. The lowest BCUT2D eigenvalue weighted by Gasteiger charge is -2.13. The highest BCUT2D eigenvalue weighted by Gasteiger charge is 2.04. The number of halogens is 1. The minimum absolute atomic E-state index is 0.601. The minimum Gasteiger partial charge on any atom is -0.489 e. The van der Waals surface area contributed by atoms with Crippen molar-refractivity contribution < 1.29 is 4.74 Å². The lowest BCUT2D eigenvalue weighted by molar-refractivity contribution is 0.302. The van der Waals surface area contributed by atoms with E-state index in [0.717, 1.165) is 29.6 Å². The summed E-state index contributed by atoms with van der Waals surface area (Å²) in [5, 5.41) is 0. The molecule has 0 bridgehead atoms. The van der Waals surface area contributed by atoms with Crippen LogP contribution in [-0.4, -0.2) is 25.5 Å². The largest absolute Gasteiger partial charge is 0.489 e. The molecular formula is C18H22BrNO.